The highest BCUT2D eigenvalue weighted by molar-refractivity contribution is 7.19. The van der Waals surface area contributed by atoms with Gasteiger partial charge in [0.05, 0.1) is 5.69 Å². The van der Waals surface area contributed by atoms with Crippen LogP contribution in [-0.4, -0.2) is 28.5 Å². The average Bonchev–Trinajstić information content (AvgIpc) is 3.09. The summed E-state index contributed by atoms with van der Waals surface area (Å²) in [6.45, 7) is 1.48. The summed E-state index contributed by atoms with van der Waals surface area (Å²) in [5.41, 5.74) is 3.27. The molecule has 3 aromatic heterocycles. The van der Waals surface area contributed by atoms with Crippen molar-refractivity contribution in [2.45, 2.75) is 31.8 Å². The van der Waals surface area contributed by atoms with Gasteiger partial charge in [0.1, 0.15) is 16.1 Å². The number of anilines is 1. The summed E-state index contributed by atoms with van der Waals surface area (Å²) >= 11 is 3.42. The highest BCUT2D eigenvalue weighted by Crippen LogP contribution is 2.43. The maximum absolute atomic E-state index is 12.9. The summed E-state index contributed by atoms with van der Waals surface area (Å²) in [6, 6.07) is 5.84. The number of pyridine rings is 1. The van der Waals surface area contributed by atoms with E-state index in [1.807, 2.05) is 12.1 Å². The number of fused-ring (bicyclic) bond motifs is 1. The van der Waals surface area contributed by atoms with Crippen molar-refractivity contribution in [3.63, 3.8) is 0 Å². The van der Waals surface area contributed by atoms with E-state index in [1.54, 1.807) is 35.1 Å². The van der Waals surface area contributed by atoms with Crippen LogP contribution in [-0.2, 0) is 17.8 Å². The molecule has 0 aromatic carbocycles. The van der Waals surface area contributed by atoms with Crippen LogP contribution >= 0.6 is 22.7 Å². The number of carbonyl (C=O) groups is 1. The second-order valence-corrected chi connectivity index (χ2v) is 8.94. The molecular formula is C20H20N4OS2. The lowest BCUT2D eigenvalue weighted by atomic mass is 10.1. The molecule has 5 rings (SSSR count). The van der Waals surface area contributed by atoms with E-state index in [2.05, 4.69) is 32.0 Å². The zero-order valence-electron chi connectivity index (χ0n) is 14.8. The van der Waals surface area contributed by atoms with Crippen molar-refractivity contribution in [1.82, 2.24) is 15.3 Å². The van der Waals surface area contributed by atoms with Crippen LogP contribution in [0.2, 0.25) is 0 Å². The van der Waals surface area contributed by atoms with Crippen molar-refractivity contribution in [3.05, 3.63) is 52.6 Å². The highest BCUT2D eigenvalue weighted by atomic mass is 32.1. The predicted octanol–water partition coefficient (Wildman–Crippen LogP) is 3.72. The number of rotatable bonds is 6. The third-order valence-electron chi connectivity index (χ3n) is 5.11. The molecule has 7 heteroatoms. The Kier molecular flexibility index (Phi) is 4.41. The van der Waals surface area contributed by atoms with Crippen LogP contribution in [0.15, 0.2) is 41.4 Å². The summed E-state index contributed by atoms with van der Waals surface area (Å²) in [5, 5.41) is 9.56. The summed E-state index contributed by atoms with van der Waals surface area (Å²) < 4.78 is 0. The van der Waals surface area contributed by atoms with E-state index in [4.69, 9.17) is 4.98 Å². The van der Waals surface area contributed by atoms with Crippen LogP contribution in [0.25, 0.3) is 10.6 Å². The molecule has 1 atom stereocenters. The van der Waals surface area contributed by atoms with Crippen LogP contribution in [0.1, 0.15) is 24.1 Å². The Morgan fingerprint density at radius 1 is 1.33 bits per heavy atom. The Balaban J connectivity index is 1.34. The lowest BCUT2D eigenvalue weighted by molar-refractivity contribution is -0.122. The van der Waals surface area contributed by atoms with Crippen LogP contribution < -0.4 is 10.2 Å². The second-order valence-electron chi connectivity index (χ2n) is 7.18. The van der Waals surface area contributed by atoms with E-state index in [0.29, 0.717) is 13.0 Å². The maximum atomic E-state index is 12.9. The van der Waals surface area contributed by atoms with E-state index in [-0.39, 0.29) is 11.9 Å². The molecule has 138 valence electrons. The zero-order valence-corrected chi connectivity index (χ0v) is 16.4. The lowest BCUT2D eigenvalue weighted by Gasteiger charge is -2.25. The molecule has 1 amide bonds. The smallest absolute Gasteiger partial charge is 0.243 e. The SMILES string of the molecule is O=C(NCc1cccnc1)C1Cc2nc(-c3ccsc3)sc2N1CC1CC1. The number of nitrogens with one attached hydrogen (secondary N) is 1. The van der Waals surface area contributed by atoms with Gasteiger partial charge in [0, 0.05) is 42.8 Å². The summed E-state index contributed by atoms with van der Waals surface area (Å²) in [5.74, 6) is 0.804. The Morgan fingerprint density at radius 2 is 2.26 bits per heavy atom. The fourth-order valence-electron chi connectivity index (χ4n) is 3.48. The molecule has 0 bridgehead atoms. The Labute approximate surface area is 166 Å². The Bertz CT molecular complexity index is 934. The molecule has 3 aromatic rings. The summed E-state index contributed by atoms with van der Waals surface area (Å²) in [6.07, 6.45) is 6.77. The molecule has 1 aliphatic heterocycles. The molecule has 2 aliphatic rings. The summed E-state index contributed by atoms with van der Waals surface area (Å²) in [4.78, 5) is 24.2. The third-order valence-corrected chi connectivity index (χ3v) is 6.98. The van der Waals surface area contributed by atoms with Gasteiger partial charge in [0.25, 0.3) is 0 Å². The van der Waals surface area contributed by atoms with Gasteiger partial charge in [-0.25, -0.2) is 4.98 Å². The molecule has 5 nitrogen and oxygen atoms in total. The van der Waals surface area contributed by atoms with Gasteiger partial charge in [-0.05, 0) is 41.8 Å². The fraction of sp³-hybridized carbons (Fsp3) is 0.350. The van der Waals surface area contributed by atoms with Crippen LogP contribution in [0.5, 0.6) is 0 Å². The standard InChI is InChI=1S/C20H20N4OS2/c25-18(22-10-14-2-1-6-21-9-14)17-8-16-20(24(17)11-13-3-4-13)27-19(23-16)15-5-7-26-12-15/h1-2,5-7,9,12-13,17H,3-4,8,10-11H2,(H,22,25). The monoisotopic (exact) mass is 396 g/mol. The highest BCUT2D eigenvalue weighted by Gasteiger charge is 2.40. The van der Waals surface area contributed by atoms with Gasteiger partial charge in [0.2, 0.25) is 5.91 Å². The Morgan fingerprint density at radius 3 is 3.00 bits per heavy atom. The molecular weight excluding hydrogens is 376 g/mol. The van der Waals surface area contributed by atoms with E-state index in [1.165, 1.54) is 23.4 Å². The number of thiazole rings is 1. The molecule has 27 heavy (non-hydrogen) atoms. The van der Waals surface area contributed by atoms with Crippen molar-refractivity contribution in [2.75, 3.05) is 11.4 Å². The lowest BCUT2D eigenvalue weighted by Crippen LogP contribution is -2.45. The molecule has 1 unspecified atom stereocenters. The minimum Gasteiger partial charge on any atom is -0.350 e. The number of aromatic nitrogens is 2. The van der Waals surface area contributed by atoms with Crippen molar-refractivity contribution in [2.24, 2.45) is 5.92 Å². The topological polar surface area (TPSA) is 58.1 Å². The van der Waals surface area contributed by atoms with Crippen molar-refractivity contribution >= 4 is 33.6 Å². The first-order chi connectivity index (χ1) is 13.3. The zero-order chi connectivity index (χ0) is 18.2. The second kappa shape index (κ2) is 7.05. The third kappa shape index (κ3) is 3.49. The first-order valence-corrected chi connectivity index (χ1v) is 11.0. The van der Waals surface area contributed by atoms with Gasteiger partial charge < -0.3 is 10.2 Å². The van der Waals surface area contributed by atoms with Crippen LogP contribution in [0.3, 0.4) is 0 Å². The molecule has 4 heterocycles. The minimum atomic E-state index is -0.146. The minimum absolute atomic E-state index is 0.0850. The molecule has 1 saturated carbocycles. The van der Waals surface area contributed by atoms with Gasteiger partial charge in [-0.1, -0.05) is 17.4 Å². The molecule has 0 radical (unpaired) electrons. The number of hydrogen-bond donors (Lipinski definition) is 1. The van der Waals surface area contributed by atoms with Crippen LogP contribution in [0.4, 0.5) is 5.00 Å². The quantitative estimate of drug-likeness (QED) is 0.690. The van der Waals surface area contributed by atoms with Crippen LogP contribution in [0, 0.1) is 5.92 Å². The molecule has 0 saturated heterocycles. The predicted molar refractivity (Wildman–Crippen MR) is 109 cm³/mol. The van der Waals surface area contributed by atoms with Gasteiger partial charge in [0.15, 0.2) is 0 Å². The van der Waals surface area contributed by atoms with E-state index in [9.17, 15) is 4.79 Å². The molecule has 1 fully saturated rings. The average molecular weight is 397 g/mol. The number of thiophene rings is 1. The molecule has 1 aliphatic carbocycles. The number of carbonyl (C=O) groups excluding carboxylic acids is 1. The van der Waals surface area contributed by atoms with Crippen molar-refractivity contribution in [3.8, 4) is 10.6 Å². The Hall–Kier alpha value is -2.25. The molecule has 0 spiro atoms. The van der Waals surface area contributed by atoms with E-state index >= 15 is 0 Å². The number of nitrogens with zero attached hydrogens (tertiary/aromatic N) is 3. The van der Waals surface area contributed by atoms with Crippen molar-refractivity contribution in [1.29, 1.82) is 0 Å². The van der Waals surface area contributed by atoms with Gasteiger partial charge in [-0.3, -0.25) is 9.78 Å². The summed E-state index contributed by atoms with van der Waals surface area (Å²) in [7, 11) is 0. The largest absolute Gasteiger partial charge is 0.350 e. The normalized spacial score (nSPS) is 18.5. The number of amides is 1. The maximum Gasteiger partial charge on any atom is 0.243 e. The number of hydrogen-bond acceptors (Lipinski definition) is 6. The van der Waals surface area contributed by atoms with E-state index in [0.717, 1.165) is 28.7 Å². The molecule has 1 N–H and O–H groups in total. The van der Waals surface area contributed by atoms with Crippen molar-refractivity contribution < 1.29 is 4.79 Å². The van der Waals surface area contributed by atoms with Gasteiger partial charge in [-0.2, -0.15) is 11.3 Å². The van der Waals surface area contributed by atoms with E-state index < -0.39 is 0 Å². The fourth-order valence-corrected chi connectivity index (χ4v) is 5.34. The first-order valence-electron chi connectivity index (χ1n) is 9.23. The van der Waals surface area contributed by atoms with Gasteiger partial charge >= 0.3 is 0 Å². The first kappa shape index (κ1) is 16.9. The van der Waals surface area contributed by atoms with Gasteiger partial charge in [-0.15, -0.1) is 0 Å².